The summed E-state index contributed by atoms with van der Waals surface area (Å²) in [6.45, 7) is 2.01. The number of alkyl halides is 1. The fraction of sp³-hybridized carbons (Fsp3) is 0.273. The molecule has 0 fully saturated rings. The Morgan fingerprint density at radius 3 is 2.92 bits per heavy atom. The van der Waals surface area contributed by atoms with Gasteiger partial charge in [0.1, 0.15) is 0 Å². The van der Waals surface area contributed by atoms with Crippen molar-refractivity contribution in [3.05, 3.63) is 41.5 Å². The molecule has 2 rings (SSSR count). The van der Waals surface area contributed by atoms with E-state index in [2.05, 4.69) is 18.2 Å². The highest BCUT2D eigenvalue weighted by molar-refractivity contribution is 6.21. The Hall–Kier alpha value is -0.750. The van der Waals surface area contributed by atoms with Crippen molar-refractivity contribution in [3.8, 4) is 0 Å². The van der Waals surface area contributed by atoms with Gasteiger partial charge >= 0.3 is 0 Å². The number of benzene rings is 1. The molecule has 1 aliphatic rings. The van der Waals surface area contributed by atoms with E-state index in [0.717, 1.165) is 0 Å². The number of hydrogen-bond acceptors (Lipinski definition) is 0. The Morgan fingerprint density at radius 2 is 2.17 bits per heavy atom. The van der Waals surface area contributed by atoms with Crippen LogP contribution in [-0.2, 0) is 0 Å². The monoisotopic (exact) mass is 177 g/mol. The van der Waals surface area contributed by atoms with Crippen molar-refractivity contribution >= 4 is 17.7 Å². The molecule has 0 bridgehead atoms. The highest BCUT2D eigenvalue weighted by Crippen LogP contribution is 2.33. The van der Waals surface area contributed by atoms with Gasteiger partial charge in [-0.2, -0.15) is 0 Å². The van der Waals surface area contributed by atoms with Crippen LogP contribution >= 0.6 is 11.6 Å². The highest BCUT2D eigenvalue weighted by atomic mass is 35.5. The van der Waals surface area contributed by atoms with Crippen molar-refractivity contribution in [3.63, 3.8) is 0 Å². The van der Waals surface area contributed by atoms with Gasteiger partial charge in [-0.15, -0.1) is 11.6 Å². The first-order valence-corrected chi connectivity index (χ1v) is 4.55. The second kappa shape index (κ2) is 2.95. The molecule has 0 saturated carbocycles. The van der Waals surface area contributed by atoms with Crippen molar-refractivity contribution < 1.29 is 0 Å². The van der Waals surface area contributed by atoms with Crippen molar-refractivity contribution in [1.29, 1.82) is 0 Å². The van der Waals surface area contributed by atoms with Gasteiger partial charge in [0.2, 0.25) is 0 Å². The Bertz CT molecular complexity index is 313. The zero-order valence-corrected chi connectivity index (χ0v) is 7.68. The van der Waals surface area contributed by atoms with Gasteiger partial charge in [0.05, 0.1) is 0 Å². The smallest absolute Gasteiger partial charge is 0.0417 e. The minimum absolute atomic E-state index is 0.130. The zero-order valence-electron chi connectivity index (χ0n) is 6.92. The van der Waals surface area contributed by atoms with Gasteiger partial charge in [-0.05, 0) is 24.1 Å². The molecule has 12 heavy (non-hydrogen) atoms. The van der Waals surface area contributed by atoms with Crippen LogP contribution in [0.5, 0.6) is 0 Å². The molecule has 0 N–H and O–H groups in total. The van der Waals surface area contributed by atoms with Gasteiger partial charge in [-0.3, -0.25) is 0 Å². The van der Waals surface area contributed by atoms with Gasteiger partial charge in [0, 0.05) is 11.3 Å². The molecule has 0 amide bonds. The van der Waals surface area contributed by atoms with Gasteiger partial charge in [0.25, 0.3) is 0 Å². The van der Waals surface area contributed by atoms with Gasteiger partial charge < -0.3 is 0 Å². The minimum Gasteiger partial charge on any atom is -0.122 e. The summed E-state index contributed by atoms with van der Waals surface area (Å²) in [4.78, 5) is 0. The molecule has 61 valence electrons. The summed E-state index contributed by atoms with van der Waals surface area (Å²) in [7, 11) is 0. The molecule has 0 nitrogen and oxygen atoms in total. The fourth-order valence-electron chi connectivity index (χ4n) is 1.57. The van der Waals surface area contributed by atoms with Gasteiger partial charge in [-0.25, -0.2) is 0 Å². The Kier molecular flexibility index (Phi) is 1.93. The number of allylic oxidation sites excluding steroid dienone is 1. The second-order valence-electron chi connectivity index (χ2n) is 3.10. The van der Waals surface area contributed by atoms with E-state index in [9.17, 15) is 0 Å². The van der Waals surface area contributed by atoms with Crippen molar-refractivity contribution in [2.45, 2.75) is 18.2 Å². The van der Waals surface area contributed by atoms with Crippen LogP contribution in [0.4, 0.5) is 0 Å². The summed E-state index contributed by atoms with van der Waals surface area (Å²) < 4.78 is 0. The summed E-state index contributed by atoms with van der Waals surface area (Å²) in [5.41, 5.74) is 2.56. The number of hydrogen-bond donors (Lipinski definition) is 0. The van der Waals surface area contributed by atoms with E-state index >= 15 is 0 Å². The lowest BCUT2D eigenvalue weighted by Gasteiger charge is -2.11. The lowest BCUT2D eigenvalue weighted by atomic mass is 9.98. The molecule has 0 aliphatic heterocycles. The van der Waals surface area contributed by atoms with E-state index in [0.29, 0.717) is 0 Å². The molecule has 0 spiro atoms. The maximum Gasteiger partial charge on any atom is 0.0417 e. The average molecular weight is 178 g/mol. The van der Waals surface area contributed by atoms with Crippen LogP contribution in [0.25, 0.3) is 6.08 Å². The van der Waals surface area contributed by atoms with E-state index in [1.807, 2.05) is 25.1 Å². The number of halogens is 1. The fourth-order valence-corrected chi connectivity index (χ4v) is 1.78. The first-order chi connectivity index (χ1) is 5.79. The standard InChI is InChI=1S/C11H10Cl/c1-8(12)10-7-6-9-4-2-3-5-11(9)10/h2-6,8,10H,1H3. The molecular formula is C11H10Cl. The van der Waals surface area contributed by atoms with Crippen molar-refractivity contribution in [1.82, 2.24) is 0 Å². The van der Waals surface area contributed by atoms with Crippen LogP contribution in [0, 0.1) is 6.08 Å². The molecule has 2 atom stereocenters. The molecule has 1 aromatic rings. The van der Waals surface area contributed by atoms with E-state index in [1.54, 1.807) is 0 Å². The van der Waals surface area contributed by atoms with Gasteiger partial charge in [0.15, 0.2) is 0 Å². The largest absolute Gasteiger partial charge is 0.122 e. The van der Waals surface area contributed by atoms with Crippen LogP contribution in [0.3, 0.4) is 0 Å². The first-order valence-electron chi connectivity index (χ1n) is 4.11. The topological polar surface area (TPSA) is 0 Å². The number of rotatable bonds is 1. The third kappa shape index (κ3) is 1.16. The molecule has 1 heteroatoms. The zero-order chi connectivity index (χ0) is 8.55. The highest BCUT2D eigenvalue weighted by Gasteiger charge is 2.20. The van der Waals surface area contributed by atoms with Crippen molar-refractivity contribution in [2.24, 2.45) is 0 Å². The minimum atomic E-state index is 0.130. The predicted molar refractivity (Wildman–Crippen MR) is 52.2 cm³/mol. The summed E-state index contributed by atoms with van der Waals surface area (Å²) in [6.07, 6.45) is 5.29. The number of fused-ring (bicyclic) bond motifs is 1. The Labute approximate surface area is 77.9 Å². The van der Waals surface area contributed by atoms with E-state index in [1.165, 1.54) is 11.1 Å². The maximum absolute atomic E-state index is 6.03. The maximum atomic E-state index is 6.03. The molecule has 1 aliphatic carbocycles. The van der Waals surface area contributed by atoms with E-state index < -0.39 is 0 Å². The molecule has 0 saturated heterocycles. The molecule has 1 aromatic carbocycles. The SMILES string of the molecule is CC(Cl)C1[C]=Cc2ccccc21. The van der Waals surface area contributed by atoms with E-state index in [4.69, 9.17) is 11.6 Å². The van der Waals surface area contributed by atoms with Crippen LogP contribution < -0.4 is 0 Å². The molecule has 1 radical (unpaired) electrons. The summed E-state index contributed by atoms with van der Waals surface area (Å²) in [5.74, 6) is 0.280. The normalized spacial score (nSPS) is 22.3. The van der Waals surface area contributed by atoms with Crippen LogP contribution in [-0.4, -0.2) is 5.38 Å². The summed E-state index contributed by atoms with van der Waals surface area (Å²) >= 11 is 6.03. The summed E-state index contributed by atoms with van der Waals surface area (Å²) in [5, 5.41) is 0.130. The first kappa shape index (κ1) is 7.88. The Morgan fingerprint density at radius 1 is 1.42 bits per heavy atom. The Balaban J connectivity index is 2.42. The van der Waals surface area contributed by atoms with Crippen LogP contribution in [0.2, 0.25) is 0 Å². The van der Waals surface area contributed by atoms with Crippen LogP contribution in [0.1, 0.15) is 24.0 Å². The predicted octanol–water partition coefficient (Wildman–Crippen LogP) is 3.23. The molecule has 0 heterocycles. The third-order valence-corrected chi connectivity index (χ3v) is 2.46. The van der Waals surface area contributed by atoms with Crippen molar-refractivity contribution in [2.75, 3.05) is 0 Å². The molecular weight excluding hydrogens is 168 g/mol. The molecule has 2 unspecified atom stereocenters. The quantitative estimate of drug-likeness (QED) is 0.578. The average Bonchev–Trinajstić information content (AvgIpc) is 2.47. The summed E-state index contributed by atoms with van der Waals surface area (Å²) in [6, 6.07) is 8.31. The molecule has 0 aromatic heterocycles. The lowest BCUT2D eigenvalue weighted by Crippen LogP contribution is -2.04. The third-order valence-electron chi connectivity index (χ3n) is 2.21. The van der Waals surface area contributed by atoms with E-state index in [-0.39, 0.29) is 11.3 Å². The second-order valence-corrected chi connectivity index (χ2v) is 3.78. The van der Waals surface area contributed by atoms with Crippen LogP contribution in [0.15, 0.2) is 24.3 Å². The lowest BCUT2D eigenvalue weighted by molar-refractivity contribution is 0.811. The van der Waals surface area contributed by atoms with Gasteiger partial charge in [-0.1, -0.05) is 30.3 Å².